The van der Waals surface area contributed by atoms with Crippen molar-refractivity contribution in [2.45, 2.75) is 6.42 Å². The van der Waals surface area contributed by atoms with Gasteiger partial charge in [0.05, 0.1) is 29.6 Å². The number of nitriles is 1. The van der Waals surface area contributed by atoms with Gasteiger partial charge in [-0.25, -0.2) is 9.37 Å². The van der Waals surface area contributed by atoms with Crippen LogP contribution in [0.15, 0.2) is 66.9 Å². The third kappa shape index (κ3) is 4.22. The van der Waals surface area contributed by atoms with Crippen LogP contribution in [-0.2, 0) is 11.2 Å². The van der Waals surface area contributed by atoms with Gasteiger partial charge in [-0.05, 0) is 35.9 Å². The quantitative estimate of drug-likeness (QED) is 0.731. The second-order valence-electron chi connectivity index (χ2n) is 5.53. The molecule has 26 heavy (non-hydrogen) atoms. The third-order valence-electron chi connectivity index (χ3n) is 3.67. The van der Waals surface area contributed by atoms with Gasteiger partial charge in [0.2, 0.25) is 5.91 Å². The van der Waals surface area contributed by atoms with Crippen LogP contribution in [0.2, 0.25) is 0 Å². The summed E-state index contributed by atoms with van der Waals surface area (Å²) in [4.78, 5) is 16.2. The molecule has 0 unspecified atom stereocenters. The maximum absolute atomic E-state index is 13.6. The molecule has 128 valence electrons. The third-order valence-corrected chi connectivity index (χ3v) is 3.67. The van der Waals surface area contributed by atoms with Crippen molar-refractivity contribution in [2.75, 3.05) is 10.6 Å². The number of hydrogen-bond donors (Lipinski definition) is 2. The number of amides is 1. The molecule has 0 saturated carbocycles. The van der Waals surface area contributed by atoms with Crippen molar-refractivity contribution in [3.05, 3.63) is 83.8 Å². The van der Waals surface area contributed by atoms with Crippen molar-refractivity contribution in [2.24, 2.45) is 0 Å². The van der Waals surface area contributed by atoms with Gasteiger partial charge in [0.25, 0.3) is 0 Å². The Bertz CT molecular complexity index is 964. The predicted molar refractivity (Wildman–Crippen MR) is 97.4 cm³/mol. The molecule has 3 aromatic rings. The Morgan fingerprint density at radius 2 is 1.85 bits per heavy atom. The van der Waals surface area contributed by atoms with E-state index in [9.17, 15) is 9.18 Å². The van der Waals surface area contributed by atoms with Crippen molar-refractivity contribution in [3.63, 3.8) is 0 Å². The Morgan fingerprint density at radius 1 is 1.08 bits per heavy atom. The first kappa shape index (κ1) is 17.1. The fourth-order valence-electron chi connectivity index (χ4n) is 2.39. The van der Waals surface area contributed by atoms with Gasteiger partial charge in [0.15, 0.2) is 0 Å². The van der Waals surface area contributed by atoms with Crippen molar-refractivity contribution < 1.29 is 9.18 Å². The Hall–Kier alpha value is -3.72. The molecule has 0 aliphatic carbocycles. The first-order chi connectivity index (χ1) is 12.7. The van der Waals surface area contributed by atoms with Crippen LogP contribution in [0.5, 0.6) is 0 Å². The van der Waals surface area contributed by atoms with Crippen LogP contribution in [0.4, 0.5) is 21.6 Å². The normalized spacial score (nSPS) is 10.0. The van der Waals surface area contributed by atoms with E-state index in [4.69, 9.17) is 5.26 Å². The predicted octanol–water partition coefficient (Wildman–Crippen LogP) is 4.02. The molecular weight excluding hydrogens is 331 g/mol. The van der Waals surface area contributed by atoms with Gasteiger partial charge in [-0.2, -0.15) is 5.26 Å². The Balaban J connectivity index is 1.63. The molecule has 6 heteroatoms. The monoisotopic (exact) mass is 346 g/mol. The molecule has 0 bridgehead atoms. The zero-order valence-corrected chi connectivity index (χ0v) is 13.7. The Kier molecular flexibility index (Phi) is 5.20. The van der Waals surface area contributed by atoms with Crippen LogP contribution in [0.1, 0.15) is 11.1 Å². The lowest BCUT2D eigenvalue weighted by atomic mass is 10.1. The lowest BCUT2D eigenvalue weighted by molar-refractivity contribution is -0.115. The minimum Gasteiger partial charge on any atom is -0.353 e. The fraction of sp³-hybridized carbons (Fsp3) is 0.0500. The van der Waals surface area contributed by atoms with E-state index in [1.54, 1.807) is 54.7 Å². The highest BCUT2D eigenvalue weighted by Gasteiger charge is 2.09. The molecule has 0 radical (unpaired) electrons. The highest BCUT2D eigenvalue weighted by molar-refractivity contribution is 5.91. The standard InChI is InChI=1S/C20H15FN4O/c21-17-7-3-1-5-14(17)11-20(26)25-19-10-9-16(13-23-19)24-18-8-4-2-6-15(18)12-22/h1-10,13,24H,11H2,(H,23,25,26). The van der Waals surface area contributed by atoms with Crippen LogP contribution in [0.25, 0.3) is 0 Å². The highest BCUT2D eigenvalue weighted by Crippen LogP contribution is 2.20. The summed E-state index contributed by atoms with van der Waals surface area (Å²) in [6.45, 7) is 0. The van der Waals surface area contributed by atoms with E-state index in [-0.39, 0.29) is 12.3 Å². The number of nitrogens with one attached hydrogen (secondary N) is 2. The maximum Gasteiger partial charge on any atom is 0.230 e. The molecule has 0 spiro atoms. The summed E-state index contributed by atoms with van der Waals surface area (Å²) in [6, 6.07) is 18.8. The summed E-state index contributed by atoms with van der Waals surface area (Å²) in [5.41, 5.74) is 2.21. The molecule has 2 aromatic carbocycles. The van der Waals surface area contributed by atoms with Crippen LogP contribution in [0, 0.1) is 17.1 Å². The molecule has 0 aliphatic rings. The van der Waals surface area contributed by atoms with Crippen molar-refractivity contribution >= 4 is 23.1 Å². The first-order valence-electron chi connectivity index (χ1n) is 7.91. The van der Waals surface area contributed by atoms with E-state index in [1.165, 1.54) is 6.07 Å². The van der Waals surface area contributed by atoms with Crippen LogP contribution in [0.3, 0.4) is 0 Å². The number of nitrogens with zero attached hydrogens (tertiary/aromatic N) is 2. The topological polar surface area (TPSA) is 77.8 Å². The number of rotatable bonds is 5. The molecule has 5 nitrogen and oxygen atoms in total. The molecule has 0 aliphatic heterocycles. The van der Waals surface area contributed by atoms with Crippen LogP contribution >= 0.6 is 0 Å². The van der Waals surface area contributed by atoms with Crippen LogP contribution < -0.4 is 10.6 Å². The second-order valence-corrected chi connectivity index (χ2v) is 5.53. The van der Waals surface area contributed by atoms with E-state index >= 15 is 0 Å². The smallest absolute Gasteiger partial charge is 0.230 e. The average Bonchev–Trinajstić information content (AvgIpc) is 2.66. The molecular formula is C20H15FN4O. The van der Waals surface area contributed by atoms with Gasteiger partial charge in [0.1, 0.15) is 17.7 Å². The summed E-state index contributed by atoms with van der Waals surface area (Å²) >= 11 is 0. The minimum atomic E-state index is -0.411. The lowest BCUT2D eigenvalue weighted by Gasteiger charge is -2.09. The molecule has 1 aromatic heterocycles. The van der Waals surface area contributed by atoms with Crippen LogP contribution in [-0.4, -0.2) is 10.9 Å². The minimum absolute atomic E-state index is 0.0656. The van der Waals surface area contributed by atoms with Gasteiger partial charge in [0, 0.05) is 0 Å². The molecule has 2 N–H and O–H groups in total. The zero-order valence-electron chi connectivity index (χ0n) is 13.7. The van der Waals surface area contributed by atoms with Gasteiger partial charge < -0.3 is 10.6 Å². The van der Waals surface area contributed by atoms with Gasteiger partial charge in [-0.1, -0.05) is 30.3 Å². The zero-order chi connectivity index (χ0) is 18.4. The van der Waals surface area contributed by atoms with Crippen molar-refractivity contribution in [1.29, 1.82) is 5.26 Å². The summed E-state index contributed by atoms with van der Waals surface area (Å²) in [6.07, 6.45) is 1.48. The number of para-hydroxylation sites is 1. The van der Waals surface area contributed by atoms with E-state index in [1.807, 2.05) is 6.07 Å². The summed E-state index contributed by atoms with van der Waals surface area (Å²) in [7, 11) is 0. The maximum atomic E-state index is 13.6. The largest absolute Gasteiger partial charge is 0.353 e. The highest BCUT2D eigenvalue weighted by atomic mass is 19.1. The SMILES string of the molecule is N#Cc1ccccc1Nc1ccc(NC(=O)Cc2ccccc2F)nc1. The first-order valence-corrected chi connectivity index (χ1v) is 7.91. The molecule has 1 heterocycles. The summed E-state index contributed by atoms with van der Waals surface area (Å²) < 4.78 is 13.6. The van der Waals surface area contributed by atoms with Crippen molar-refractivity contribution in [1.82, 2.24) is 4.98 Å². The van der Waals surface area contributed by atoms with Gasteiger partial charge in [-0.15, -0.1) is 0 Å². The van der Waals surface area contributed by atoms with E-state index < -0.39 is 5.82 Å². The van der Waals surface area contributed by atoms with E-state index in [0.29, 0.717) is 28.3 Å². The number of carbonyl (C=O) groups is 1. The number of benzene rings is 2. The number of pyridine rings is 1. The number of aromatic nitrogens is 1. The number of carbonyl (C=O) groups excluding carboxylic acids is 1. The van der Waals surface area contributed by atoms with E-state index in [0.717, 1.165) is 0 Å². The van der Waals surface area contributed by atoms with E-state index in [2.05, 4.69) is 21.7 Å². The average molecular weight is 346 g/mol. The summed E-state index contributed by atoms with van der Waals surface area (Å²) in [5.74, 6) is -0.394. The Morgan fingerprint density at radius 3 is 2.58 bits per heavy atom. The lowest BCUT2D eigenvalue weighted by Crippen LogP contribution is -2.16. The number of hydrogen-bond acceptors (Lipinski definition) is 4. The van der Waals surface area contributed by atoms with Crippen molar-refractivity contribution in [3.8, 4) is 6.07 Å². The molecule has 0 atom stereocenters. The summed E-state index contributed by atoms with van der Waals surface area (Å²) in [5, 5.41) is 14.8. The molecule has 1 amide bonds. The molecule has 0 fully saturated rings. The number of anilines is 3. The van der Waals surface area contributed by atoms with Gasteiger partial charge >= 0.3 is 0 Å². The molecule has 0 saturated heterocycles. The fourth-order valence-corrected chi connectivity index (χ4v) is 2.39. The van der Waals surface area contributed by atoms with Gasteiger partial charge in [-0.3, -0.25) is 4.79 Å². The molecule has 3 rings (SSSR count). The Labute approximate surface area is 150 Å². The number of halogens is 1. The second kappa shape index (κ2) is 7.90.